The van der Waals surface area contributed by atoms with Gasteiger partial charge in [-0.05, 0) is 24.3 Å². The Bertz CT molecular complexity index is 770. The molecule has 0 fully saturated rings. The van der Waals surface area contributed by atoms with E-state index in [0.717, 1.165) is 5.69 Å². The van der Waals surface area contributed by atoms with Crippen LogP contribution >= 0.6 is 0 Å². The van der Waals surface area contributed by atoms with Gasteiger partial charge < -0.3 is 10.4 Å². The number of carbonyl (C=O) groups excluding carboxylic acids is 1. The lowest BCUT2D eigenvalue weighted by Gasteiger charge is -2.03. The molecule has 1 amide bonds. The third-order valence-electron chi connectivity index (χ3n) is 2.73. The number of para-hydroxylation sites is 1. The monoisotopic (exact) mass is 281 g/mol. The average molecular weight is 281 g/mol. The topological polar surface area (TPSA) is 92.9 Å². The second-order valence-electron chi connectivity index (χ2n) is 4.18. The van der Waals surface area contributed by atoms with Crippen LogP contribution in [-0.4, -0.2) is 31.0 Å². The molecule has 21 heavy (non-hydrogen) atoms. The molecule has 0 atom stereocenters. The van der Waals surface area contributed by atoms with Crippen LogP contribution < -0.4 is 5.32 Å². The van der Waals surface area contributed by atoms with Crippen LogP contribution in [0.4, 0.5) is 5.82 Å². The first kappa shape index (κ1) is 12.8. The van der Waals surface area contributed by atoms with Crippen molar-refractivity contribution in [1.29, 1.82) is 0 Å². The molecule has 0 radical (unpaired) electrons. The molecule has 0 aliphatic carbocycles. The number of hydrogen-bond acceptors (Lipinski definition) is 5. The number of pyridine rings is 1. The van der Waals surface area contributed by atoms with Crippen LogP contribution in [0.15, 0.2) is 54.9 Å². The summed E-state index contributed by atoms with van der Waals surface area (Å²) < 4.78 is 0. The molecule has 1 aromatic carbocycles. The van der Waals surface area contributed by atoms with Gasteiger partial charge in [0.25, 0.3) is 5.91 Å². The molecule has 0 bridgehead atoms. The summed E-state index contributed by atoms with van der Waals surface area (Å²) in [7, 11) is 0. The van der Waals surface area contributed by atoms with Crippen molar-refractivity contribution in [3.63, 3.8) is 0 Å². The van der Waals surface area contributed by atoms with Crippen molar-refractivity contribution in [2.24, 2.45) is 0 Å². The normalized spacial score (nSPS) is 10.3. The maximum Gasteiger partial charge on any atom is 0.279 e. The highest BCUT2D eigenvalue weighted by molar-refractivity contribution is 6.02. The SMILES string of the molecule is O=C(Nc1ncccc1O)c1cnn(-c2ccccc2)n1. The summed E-state index contributed by atoms with van der Waals surface area (Å²) in [6, 6.07) is 12.2. The molecule has 0 unspecified atom stereocenters. The standard InChI is InChI=1S/C14H11N5O2/c20-12-7-4-8-15-13(12)17-14(21)11-9-16-19(18-11)10-5-2-1-3-6-10/h1-9,20H,(H,15,17,21). The number of carbonyl (C=O) groups is 1. The molecule has 104 valence electrons. The van der Waals surface area contributed by atoms with Gasteiger partial charge in [-0.1, -0.05) is 18.2 Å². The van der Waals surface area contributed by atoms with Crippen molar-refractivity contribution in [3.05, 3.63) is 60.6 Å². The summed E-state index contributed by atoms with van der Waals surface area (Å²) in [5.41, 5.74) is 0.876. The van der Waals surface area contributed by atoms with Gasteiger partial charge in [0.1, 0.15) is 0 Å². The number of aromatic nitrogens is 4. The first-order valence-electron chi connectivity index (χ1n) is 6.17. The minimum Gasteiger partial charge on any atom is -0.504 e. The number of anilines is 1. The van der Waals surface area contributed by atoms with Crippen LogP contribution in [0.5, 0.6) is 5.75 Å². The molecular formula is C14H11N5O2. The molecule has 7 heteroatoms. The highest BCUT2D eigenvalue weighted by Crippen LogP contribution is 2.18. The molecule has 2 N–H and O–H groups in total. The van der Waals surface area contributed by atoms with E-state index in [0.29, 0.717) is 0 Å². The van der Waals surface area contributed by atoms with Crippen molar-refractivity contribution in [3.8, 4) is 11.4 Å². The van der Waals surface area contributed by atoms with Gasteiger partial charge in [-0.2, -0.15) is 9.90 Å². The van der Waals surface area contributed by atoms with Crippen molar-refractivity contribution in [2.45, 2.75) is 0 Å². The number of hydrogen-bond donors (Lipinski definition) is 2. The van der Waals surface area contributed by atoms with Crippen molar-refractivity contribution < 1.29 is 9.90 Å². The van der Waals surface area contributed by atoms with E-state index in [2.05, 4.69) is 20.5 Å². The van der Waals surface area contributed by atoms with Gasteiger partial charge in [-0.15, -0.1) is 5.10 Å². The smallest absolute Gasteiger partial charge is 0.279 e. The van der Waals surface area contributed by atoms with Crippen LogP contribution in [0.25, 0.3) is 5.69 Å². The Kier molecular flexibility index (Phi) is 3.30. The highest BCUT2D eigenvalue weighted by atomic mass is 16.3. The van der Waals surface area contributed by atoms with Gasteiger partial charge in [-0.3, -0.25) is 4.79 Å². The quantitative estimate of drug-likeness (QED) is 0.761. The van der Waals surface area contributed by atoms with Crippen LogP contribution in [0.1, 0.15) is 10.5 Å². The van der Waals surface area contributed by atoms with Crippen molar-refractivity contribution >= 4 is 11.7 Å². The molecule has 0 saturated carbocycles. The minimum atomic E-state index is -0.494. The number of nitrogens with zero attached hydrogens (tertiary/aromatic N) is 4. The van der Waals surface area contributed by atoms with E-state index in [1.165, 1.54) is 23.3 Å². The fourth-order valence-corrected chi connectivity index (χ4v) is 1.72. The van der Waals surface area contributed by atoms with Gasteiger partial charge in [0.2, 0.25) is 0 Å². The van der Waals surface area contributed by atoms with Gasteiger partial charge in [0.15, 0.2) is 17.3 Å². The third-order valence-corrected chi connectivity index (χ3v) is 2.73. The predicted molar refractivity (Wildman–Crippen MR) is 75.2 cm³/mol. The summed E-state index contributed by atoms with van der Waals surface area (Å²) in [6.45, 7) is 0. The van der Waals surface area contributed by atoms with Crippen LogP contribution in [0.3, 0.4) is 0 Å². The minimum absolute atomic E-state index is 0.0803. The third kappa shape index (κ3) is 2.71. The second kappa shape index (κ2) is 5.41. The number of aromatic hydroxyl groups is 1. The fourth-order valence-electron chi connectivity index (χ4n) is 1.72. The summed E-state index contributed by atoms with van der Waals surface area (Å²) in [5, 5.41) is 20.2. The van der Waals surface area contributed by atoms with E-state index in [1.54, 1.807) is 6.07 Å². The number of nitrogens with one attached hydrogen (secondary N) is 1. The summed E-state index contributed by atoms with van der Waals surface area (Å²) in [4.78, 5) is 17.3. The molecule has 3 aromatic rings. The molecule has 0 aliphatic rings. The number of benzene rings is 1. The van der Waals surface area contributed by atoms with E-state index in [9.17, 15) is 9.90 Å². The Labute approximate surface area is 119 Å². The average Bonchev–Trinajstić information content (AvgIpc) is 3.00. The molecule has 3 rings (SSSR count). The Balaban J connectivity index is 1.80. The predicted octanol–water partition coefficient (Wildman–Crippen LogP) is 1.62. The molecule has 2 aromatic heterocycles. The summed E-state index contributed by atoms with van der Waals surface area (Å²) in [6.07, 6.45) is 2.82. The zero-order chi connectivity index (χ0) is 14.7. The molecular weight excluding hydrogens is 270 g/mol. The first-order chi connectivity index (χ1) is 10.2. The van der Waals surface area contributed by atoms with Gasteiger partial charge in [0, 0.05) is 6.20 Å². The number of rotatable bonds is 3. The Hall–Kier alpha value is -3.22. The largest absolute Gasteiger partial charge is 0.504 e. The highest BCUT2D eigenvalue weighted by Gasteiger charge is 2.13. The fraction of sp³-hybridized carbons (Fsp3) is 0. The van der Waals surface area contributed by atoms with Gasteiger partial charge in [0.05, 0.1) is 11.9 Å². The van der Waals surface area contributed by atoms with Crippen LogP contribution in [-0.2, 0) is 0 Å². The summed E-state index contributed by atoms with van der Waals surface area (Å²) in [5.74, 6) is -0.524. The maximum absolute atomic E-state index is 12.0. The lowest BCUT2D eigenvalue weighted by atomic mass is 10.3. The van der Waals surface area contributed by atoms with Gasteiger partial charge >= 0.3 is 0 Å². The zero-order valence-corrected chi connectivity index (χ0v) is 10.8. The van der Waals surface area contributed by atoms with Crippen LogP contribution in [0, 0.1) is 0 Å². The summed E-state index contributed by atoms with van der Waals surface area (Å²) >= 11 is 0. The zero-order valence-electron chi connectivity index (χ0n) is 10.8. The van der Waals surface area contributed by atoms with E-state index >= 15 is 0 Å². The van der Waals surface area contributed by atoms with Gasteiger partial charge in [-0.25, -0.2) is 4.98 Å². The van der Waals surface area contributed by atoms with E-state index in [1.807, 2.05) is 30.3 Å². The van der Waals surface area contributed by atoms with Crippen LogP contribution in [0.2, 0.25) is 0 Å². The Morgan fingerprint density at radius 3 is 2.71 bits per heavy atom. The maximum atomic E-state index is 12.0. The van der Waals surface area contributed by atoms with Crippen molar-refractivity contribution in [1.82, 2.24) is 20.0 Å². The second-order valence-corrected chi connectivity index (χ2v) is 4.18. The first-order valence-corrected chi connectivity index (χ1v) is 6.17. The lowest BCUT2D eigenvalue weighted by molar-refractivity contribution is 0.102. The molecule has 0 aliphatic heterocycles. The van der Waals surface area contributed by atoms with E-state index < -0.39 is 5.91 Å². The van der Waals surface area contributed by atoms with Crippen molar-refractivity contribution in [2.75, 3.05) is 5.32 Å². The van der Waals surface area contributed by atoms with E-state index in [-0.39, 0.29) is 17.3 Å². The lowest BCUT2D eigenvalue weighted by Crippen LogP contribution is -2.14. The molecule has 0 saturated heterocycles. The molecule has 2 heterocycles. The molecule has 7 nitrogen and oxygen atoms in total. The molecule has 0 spiro atoms. The number of amides is 1. The van der Waals surface area contributed by atoms with E-state index in [4.69, 9.17) is 0 Å². The Morgan fingerprint density at radius 2 is 1.95 bits per heavy atom. The Morgan fingerprint density at radius 1 is 1.14 bits per heavy atom.